The van der Waals surface area contributed by atoms with Crippen LogP contribution in [0.3, 0.4) is 0 Å². The van der Waals surface area contributed by atoms with Crippen LogP contribution < -0.4 is 5.32 Å². The normalized spacial score (nSPS) is 32.6. The van der Waals surface area contributed by atoms with Crippen molar-refractivity contribution in [3.8, 4) is 0 Å². The average Bonchev–Trinajstić information content (AvgIpc) is 2.69. The summed E-state index contributed by atoms with van der Waals surface area (Å²) in [5.74, 6) is -0.189. The number of methoxy groups -OCH3 is 1. The van der Waals surface area contributed by atoms with Crippen LogP contribution in [0.1, 0.15) is 44.1 Å². The van der Waals surface area contributed by atoms with Crippen molar-refractivity contribution in [3.63, 3.8) is 0 Å². The zero-order chi connectivity index (χ0) is 19.8. The van der Waals surface area contributed by atoms with Gasteiger partial charge in [0.05, 0.1) is 12.5 Å². The Balaban J connectivity index is 1.45. The van der Waals surface area contributed by atoms with E-state index in [0.717, 1.165) is 32.1 Å². The van der Waals surface area contributed by atoms with Crippen molar-refractivity contribution in [2.24, 2.45) is 17.3 Å². The van der Waals surface area contributed by atoms with Gasteiger partial charge in [-0.05, 0) is 61.3 Å². The third-order valence-corrected chi connectivity index (χ3v) is 6.87. The minimum absolute atomic E-state index is 0.0531. The molecule has 4 atom stereocenters. The Labute approximate surface area is 165 Å². The molecule has 5 rings (SSSR count). The lowest BCUT2D eigenvalue weighted by Gasteiger charge is -2.61. The third-order valence-electron chi connectivity index (χ3n) is 6.87. The van der Waals surface area contributed by atoms with Gasteiger partial charge in [-0.1, -0.05) is 30.3 Å². The first-order valence-electron chi connectivity index (χ1n) is 10.0. The zero-order valence-corrected chi connectivity index (χ0v) is 16.2. The minimum atomic E-state index is -0.537. The van der Waals surface area contributed by atoms with Gasteiger partial charge in [0.2, 0.25) is 0 Å². The van der Waals surface area contributed by atoms with Crippen molar-refractivity contribution in [3.05, 3.63) is 35.9 Å². The van der Waals surface area contributed by atoms with Gasteiger partial charge >= 0.3 is 11.9 Å². The highest BCUT2D eigenvalue weighted by Gasteiger charge is 2.61. The summed E-state index contributed by atoms with van der Waals surface area (Å²) >= 11 is 0. The van der Waals surface area contributed by atoms with E-state index in [0.29, 0.717) is 11.8 Å². The Morgan fingerprint density at radius 3 is 2.39 bits per heavy atom. The molecule has 0 radical (unpaired) electrons. The van der Waals surface area contributed by atoms with Gasteiger partial charge < -0.3 is 14.8 Å². The van der Waals surface area contributed by atoms with E-state index < -0.39 is 17.3 Å². The van der Waals surface area contributed by atoms with Crippen molar-refractivity contribution in [1.82, 2.24) is 5.32 Å². The van der Waals surface area contributed by atoms with E-state index in [2.05, 4.69) is 34.3 Å². The Bertz CT molecular complexity index is 760. The number of amides is 1. The standard InChI is InChI=1S/C22H27NO5/c1-27-19(25)12-23-18(24)13-28-20(26)22-10-15-7-16(11-22)9-21(8-15,14-22)17-5-3-2-4-6-17/h2-6,15-16H,7-14H2,1H3,(H,23,24)/t15-,16+,21?,22?. The molecule has 2 unspecified atom stereocenters. The number of rotatable bonds is 6. The van der Waals surface area contributed by atoms with Gasteiger partial charge in [0.1, 0.15) is 6.54 Å². The van der Waals surface area contributed by atoms with Gasteiger partial charge in [0.25, 0.3) is 5.91 Å². The second kappa shape index (κ2) is 7.22. The molecule has 4 aliphatic carbocycles. The molecule has 0 spiro atoms. The van der Waals surface area contributed by atoms with Crippen LogP contribution in [0.5, 0.6) is 0 Å². The number of hydrogen-bond donors (Lipinski definition) is 1. The van der Waals surface area contributed by atoms with Gasteiger partial charge in [0, 0.05) is 0 Å². The summed E-state index contributed by atoms with van der Waals surface area (Å²) in [5, 5.41) is 2.41. The number of hydrogen-bond acceptors (Lipinski definition) is 5. The van der Waals surface area contributed by atoms with Crippen molar-refractivity contribution in [2.45, 2.75) is 43.9 Å². The molecule has 150 valence electrons. The van der Waals surface area contributed by atoms with E-state index in [9.17, 15) is 14.4 Å². The van der Waals surface area contributed by atoms with Crippen LogP contribution in [-0.4, -0.2) is 38.1 Å². The summed E-state index contributed by atoms with van der Waals surface area (Å²) in [6.45, 7) is -0.579. The summed E-state index contributed by atoms with van der Waals surface area (Å²) in [7, 11) is 1.25. The number of ether oxygens (including phenoxy) is 2. The monoisotopic (exact) mass is 385 g/mol. The van der Waals surface area contributed by atoms with Crippen LogP contribution in [0, 0.1) is 17.3 Å². The first-order valence-corrected chi connectivity index (χ1v) is 10.0. The Kier molecular flexibility index (Phi) is 4.89. The number of esters is 2. The highest BCUT2D eigenvalue weighted by molar-refractivity contribution is 5.85. The van der Waals surface area contributed by atoms with Crippen LogP contribution in [0.2, 0.25) is 0 Å². The first kappa shape index (κ1) is 19.0. The number of carbonyl (C=O) groups is 3. The summed E-state index contributed by atoms with van der Waals surface area (Å²) in [5.41, 5.74) is 0.900. The molecule has 1 amide bonds. The van der Waals surface area contributed by atoms with E-state index in [-0.39, 0.29) is 24.5 Å². The molecule has 4 fully saturated rings. The zero-order valence-electron chi connectivity index (χ0n) is 16.2. The maximum absolute atomic E-state index is 13.1. The highest BCUT2D eigenvalue weighted by Crippen LogP contribution is 2.66. The predicted molar refractivity (Wildman–Crippen MR) is 101 cm³/mol. The number of carbonyl (C=O) groups excluding carboxylic acids is 3. The predicted octanol–water partition coefficient (Wildman–Crippen LogP) is 2.36. The molecule has 1 aromatic rings. The van der Waals surface area contributed by atoms with Crippen LogP contribution in [0.15, 0.2) is 30.3 Å². The lowest BCUT2D eigenvalue weighted by Crippen LogP contribution is -2.57. The molecule has 6 heteroatoms. The lowest BCUT2D eigenvalue weighted by molar-refractivity contribution is -0.175. The fourth-order valence-corrected chi connectivity index (χ4v) is 6.21. The number of nitrogens with one attached hydrogen (secondary N) is 1. The minimum Gasteiger partial charge on any atom is -0.468 e. The van der Waals surface area contributed by atoms with Crippen molar-refractivity contribution < 1.29 is 23.9 Å². The molecule has 1 N–H and O–H groups in total. The summed E-state index contributed by atoms with van der Waals surface area (Å²) in [6.07, 6.45) is 6.01. The Hall–Kier alpha value is -2.37. The summed E-state index contributed by atoms with van der Waals surface area (Å²) in [4.78, 5) is 36.1. The van der Waals surface area contributed by atoms with Gasteiger partial charge in [0.15, 0.2) is 6.61 Å². The molecule has 1 aromatic carbocycles. The fourth-order valence-electron chi connectivity index (χ4n) is 6.21. The van der Waals surface area contributed by atoms with E-state index in [1.165, 1.54) is 19.1 Å². The third kappa shape index (κ3) is 3.40. The smallest absolute Gasteiger partial charge is 0.325 e. The number of benzene rings is 1. The maximum atomic E-state index is 13.1. The Morgan fingerprint density at radius 1 is 1.07 bits per heavy atom. The molecular formula is C22H27NO5. The van der Waals surface area contributed by atoms with Gasteiger partial charge in [-0.2, -0.15) is 0 Å². The lowest BCUT2D eigenvalue weighted by atomic mass is 9.43. The Morgan fingerprint density at radius 2 is 1.75 bits per heavy atom. The second-order valence-electron chi connectivity index (χ2n) is 8.82. The molecule has 0 aliphatic heterocycles. The summed E-state index contributed by atoms with van der Waals surface area (Å²) in [6, 6.07) is 10.6. The van der Waals surface area contributed by atoms with Gasteiger partial charge in [-0.15, -0.1) is 0 Å². The average molecular weight is 385 g/mol. The van der Waals surface area contributed by atoms with Crippen LogP contribution in [0.25, 0.3) is 0 Å². The van der Waals surface area contributed by atoms with E-state index in [1.807, 2.05) is 6.07 Å². The van der Waals surface area contributed by atoms with Crippen molar-refractivity contribution >= 4 is 17.8 Å². The maximum Gasteiger partial charge on any atom is 0.325 e. The van der Waals surface area contributed by atoms with Gasteiger partial charge in [-0.3, -0.25) is 14.4 Å². The molecule has 4 bridgehead atoms. The van der Waals surface area contributed by atoms with Crippen LogP contribution in [0.4, 0.5) is 0 Å². The van der Waals surface area contributed by atoms with E-state index >= 15 is 0 Å². The molecule has 0 heterocycles. The van der Waals surface area contributed by atoms with Crippen molar-refractivity contribution in [2.75, 3.05) is 20.3 Å². The molecular weight excluding hydrogens is 358 g/mol. The van der Waals surface area contributed by atoms with Gasteiger partial charge in [-0.25, -0.2) is 0 Å². The largest absolute Gasteiger partial charge is 0.468 e. The van der Waals surface area contributed by atoms with Crippen molar-refractivity contribution in [1.29, 1.82) is 0 Å². The van der Waals surface area contributed by atoms with Crippen LogP contribution in [-0.2, 0) is 29.3 Å². The topological polar surface area (TPSA) is 81.7 Å². The first-order chi connectivity index (χ1) is 13.4. The van der Waals surface area contributed by atoms with E-state index in [1.54, 1.807) is 0 Å². The molecule has 0 aromatic heterocycles. The second-order valence-corrected chi connectivity index (χ2v) is 8.82. The fraction of sp³-hybridized carbons (Fsp3) is 0.591. The molecule has 4 aliphatic rings. The molecule has 0 saturated heterocycles. The quantitative estimate of drug-likeness (QED) is 0.760. The summed E-state index contributed by atoms with van der Waals surface area (Å²) < 4.78 is 9.91. The SMILES string of the molecule is COC(=O)CNC(=O)COC(=O)C12C[C@H]3C[C@@H](C1)CC(c1ccccc1)(C3)C2. The molecule has 6 nitrogen and oxygen atoms in total. The van der Waals surface area contributed by atoms with E-state index in [4.69, 9.17) is 4.74 Å². The molecule has 28 heavy (non-hydrogen) atoms. The molecule has 4 saturated carbocycles. The van der Waals surface area contributed by atoms with Crippen LogP contribution >= 0.6 is 0 Å². The highest BCUT2D eigenvalue weighted by atomic mass is 16.5.